The SMILES string of the molecule is Cc1cccc2c(-c3nc(C(=O)N4CCC(O)C4)c(-c4ccc(F)cc4)s3)[nH]nc12. The molecule has 152 valence electrons. The molecule has 2 N–H and O–H groups in total. The normalized spacial score (nSPS) is 16.5. The number of para-hydroxylation sites is 1. The van der Waals surface area contributed by atoms with Crippen molar-refractivity contribution in [3.63, 3.8) is 0 Å². The van der Waals surface area contributed by atoms with E-state index in [0.717, 1.165) is 27.7 Å². The van der Waals surface area contributed by atoms with Gasteiger partial charge in [0.05, 0.1) is 16.5 Å². The van der Waals surface area contributed by atoms with Crippen molar-refractivity contribution < 1.29 is 14.3 Å². The molecule has 0 saturated carbocycles. The minimum absolute atomic E-state index is 0.228. The molecule has 1 fully saturated rings. The number of aliphatic hydroxyl groups is 1. The van der Waals surface area contributed by atoms with Gasteiger partial charge in [-0.1, -0.05) is 30.3 Å². The van der Waals surface area contributed by atoms with E-state index in [-0.39, 0.29) is 11.7 Å². The molecule has 1 atom stereocenters. The highest BCUT2D eigenvalue weighted by Crippen LogP contribution is 2.38. The van der Waals surface area contributed by atoms with Crippen LogP contribution in [0.15, 0.2) is 42.5 Å². The van der Waals surface area contributed by atoms with Gasteiger partial charge in [-0.05, 0) is 36.6 Å². The van der Waals surface area contributed by atoms with Crippen LogP contribution in [0.25, 0.3) is 32.0 Å². The maximum atomic E-state index is 13.5. The van der Waals surface area contributed by atoms with Crippen LogP contribution in [0.1, 0.15) is 22.5 Å². The zero-order chi connectivity index (χ0) is 20.8. The molecule has 8 heteroatoms. The van der Waals surface area contributed by atoms with Crippen LogP contribution in [0.4, 0.5) is 4.39 Å². The predicted molar refractivity (Wildman–Crippen MR) is 114 cm³/mol. The first-order valence-electron chi connectivity index (χ1n) is 9.69. The number of benzene rings is 2. The molecule has 0 radical (unpaired) electrons. The molecule has 0 spiro atoms. The molecule has 2 aromatic carbocycles. The Morgan fingerprint density at radius 3 is 2.80 bits per heavy atom. The van der Waals surface area contributed by atoms with Gasteiger partial charge in [-0.2, -0.15) is 5.10 Å². The summed E-state index contributed by atoms with van der Waals surface area (Å²) in [4.78, 5) is 20.2. The zero-order valence-electron chi connectivity index (χ0n) is 16.2. The lowest BCUT2D eigenvalue weighted by atomic mass is 10.1. The first kappa shape index (κ1) is 18.9. The van der Waals surface area contributed by atoms with Crippen LogP contribution in [0, 0.1) is 12.7 Å². The van der Waals surface area contributed by atoms with E-state index >= 15 is 0 Å². The van der Waals surface area contributed by atoms with E-state index in [1.54, 1.807) is 17.0 Å². The Bertz CT molecular complexity index is 1250. The number of thiazole rings is 1. The van der Waals surface area contributed by atoms with E-state index in [1.807, 2.05) is 25.1 Å². The van der Waals surface area contributed by atoms with Gasteiger partial charge >= 0.3 is 0 Å². The molecule has 5 rings (SSSR count). The summed E-state index contributed by atoms with van der Waals surface area (Å²) >= 11 is 1.37. The lowest BCUT2D eigenvalue weighted by molar-refractivity contribution is 0.0761. The van der Waals surface area contributed by atoms with Gasteiger partial charge in [0.1, 0.15) is 22.2 Å². The largest absolute Gasteiger partial charge is 0.391 e. The summed E-state index contributed by atoms with van der Waals surface area (Å²) in [7, 11) is 0. The molecule has 1 unspecified atom stereocenters. The highest BCUT2D eigenvalue weighted by Gasteiger charge is 2.30. The molecular formula is C22H19FN4O2S. The number of rotatable bonds is 3. The molecule has 1 amide bonds. The Balaban J connectivity index is 1.65. The van der Waals surface area contributed by atoms with E-state index in [9.17, 15) is 14.3 Å². The number of aromatic nitrogens is 3. The fourth-order valence-electron chi connectivity index (χ4n) is 3.79. The number of fused-ring (bicyclic) bond motifs is 1. The average Bonchev–Trinajstić information content (AvgIpc) is 3.46. The van der Waals surface area contributed by atoms with Crippen molar-refractivity contribution in [1.29, 1.82) is 0 Å². The van der Waals surface area contributed by atoms with Crippen LogP contribution in [-0.2, 0) is 0 Å². The van der Waals surface area contributed by atoms with Crippen LogP contribution in [0.3, 0.4) is 0 Å². The van der Waals surface area contributed by atoms with Crippen LogP contribution >= 0.6 is 11.3 Å². The molecule has 6 nitrogen and oxygen atoms in total. The molecule has 0 aliphatic carbocycles. The smallest absolute Gasteiger partial charge is 0.274 e. The standard InChI is InChI=1S/C22H19FN4O2S/c1-12-3-2-4-16-17(12)25-26-18(16)21-24-19(22(29)27-10-9-15(28)11-27)20(30-21)13-5-7-14(23)8-6-13/h2-8,15,28H,9-11H2,1H3,(H,25,26). The highest BCUT2D eigenvalue weighted by molar-refractivity contribution is 7.18. The third-order valence-electron chi connectivity index (χ3n) is 5.39. The molecule has 30 heavy (non-hydrogen) atoms. The Hall–Kier alpha value is -3.10. The second-order valence-corrected chi connectivity index (χ2v) is 8.47. The summed E-state index contributed by atoms with van der Waals surface area (Å²) in [6.45, 7) is 2.77. The molecule has 1 aliphatic rings. The second-order valence-electron chi connectivity index (χ2n) is 7.47. The van der Waals surface area contributed by atoms with E-state index in [2.05, 4.69) is 15.2 Å². The van der Waals surface area contributed by atoms with Crippen molar-refractivity contribution in [3.05, 3.63) is 59.5 Å². The van der Waals surface area contributed by atoms with Crippen LogP contribution in [-0.4, -0.2) is 50.3 Å². The van der Waals surface area contributed by atoms with Crippen LogP contribution in [0.5, 0.6) is 0 Å². The zero-order valence-corrected chi connectivity index (χ0v) is 17.0. The first-order chi connectivity index (χ1) is 14.5. The number of nitrogens with zero attached hydrogens (tertiary/aromatic N) is 3. The molecule has 2 aromatic heterocycles. The van der Waals surface area contributed by atoms with Gasteiger partial charge in [0.15, 0.2) is 0 Å². The Kier molecular flexibility index (Phi) is 4.60. The van der Waals surface area contributed by atoms with Gasteiger partial charge in [-0.15, -0.1) is 11.3 Å². The molecule has 1 saturated heterocycles. The number of β-amino-alcohol motifs (C(OH)–C–C–N with tert-alkyl or cyclic N) is 1. The average molecular weight is 422 g/mol. The monoisotopic (exact) mass is 422 g/mol. The third kappa shape index (κ3) is 3.18. The molecule has 0 bridgehead atoms. The summed E-state index contributed by atoms with van der Waals surface area (Å²) < 4.78 is 13.5. The fourth-order valence-corrected chi connectivity index (χ4v) is 4.86. The number of hydrogen-bond acceptors (Lipinski definition) is 5. The maximum absolute atomic E-state index is 13.5. The van der Waals surface area contributed by atoms with Gasteiger partial charge in [0, 0.05) is 18.5 Å². The topological polar surface area (TPSA) is 82.1 Å². The van der Waals surface area contributed by atoms with Crippen LogP contribution in [0.2, 0.25) is 0 Å². The Morgan fingerprint density at radius 2 is 2.07 bits per heavy atom. The number of aliphatic hydroxyl groups excluding tert-OH is 1. The quantitative estimate of drug-likeness (QED) is 0.523. The summed E-state index contributed by atoms with van der Waals surface area (Å²) in [5.74, 6) is -0.567. The second kappa shape index (κ2) is 7.30. The van der Waals surface area contributed by atoms with Crippen molar-refractivity contribution in [1.82, 2.24) is 20.1 Å². The Labute approximate surface area is 176 Å². The van der Waals surface area contributed by atoms with Gasteiger partial charge in [0.2, 0.25) is 0 Å². The molecule has 4 aromatic rings. The number of aryl methyl sites for hydroxylation is 1. The first-order valence-corrected chi connectivity index (χ1v) is 10.5. The summed E-state index contributed by atoms with van der Waals surface area (Å²) in [5, 5.41) is 18.9. The van der Waals surface area contributed by atoms with Crippen molar-refractivity contribution in [2.75, 3.05) is 13.1 Å². The van der Waals surface area contributed by atoms with Crippen molar-refractivity contribution in [2.45, 2.75) is 19.4 Å². The third-order valence-corrected chi connectivity index (χ3v) is 6.51. The minimum Gasteiger partial charge on any atom is -0.391 e. The van der Waals surface area contributed by atoms with Crippen molar-refractivity contribution in [3.8, 4) is 21.1 Å². The number of hydrogen-bond donors (Lipinski definition) is 2. The Morgan fingerprint density at radius 1 is 1.27 bits per heavy atom. The molecule has 1 aliphatic heterocycles. The van der Waals surface area contributed by atoms with Crippen molar-refractivity contribution >= 4 is 28.1 Å². The number of aromatic amines is 1. The van der Waals surface area contributed by atoms with Gasteiger partial charge < -0.3 is 10.0 Å². The summed E-state index contributed by atoms with van der Waals surface area (Å²) in [6.07, 6.45) is 0.0415. The van der Waals surface area contributed by atoms with E-state index < -0.39 is 6.10 Å². The van der Waals surface area contributed by atoms with E-state index in [4.69, 9.17) is 0 Å². The van der Waals surface area contributed by atoms with Gasteiger partial charge in [-0.3, -0.25) is 9.89 Å². The number of halogens is 1. The van der Waals surface area contributed by atoms with Crippen LogP contribution < -0.4 is 0 Å². The minimum atomic E-state index is -0.513. The highest BCUT2D eigenvalue weighted by atomic mass is 32.1. The fraction of sp³-hybridized carbons (Fsp3) is 0.227. The molecular weight excluding hydrogens is 403 g/mol. The predicted octanol–water partition coefficient (Wildman–Crippen LogP) is 4.01. The number of H-pyrrole nitrogens is 1. The van der Waals surface area contributed by atoms with E-state index in [0.29, 0.717) is 35.1 Å². The number of amides is 1. The summed E-state index contributed by atoms with van der Waals surface area (Å²) in [5.41, 5.74) is 3.70. The van der Waals surface area contributed by atoms with Crippen molar-refractivity contribution in [2.24, 2.45) is 0 Å². The van der Waals surface area contributed by atoms with Gasteiger partial charge in [-0.25, -0.2) is 9.37 Å². The summed E-state index contributed by atoms with van der Waals surface area (Å²) in [6, 6.07) is 12.0. The lowest BCUT2D eigenvalue weighted by Crippen LogP contribution is -2.30. The van der Waals surface area contributed by atoms with E-state index in [1.165, 1.54) is 23.5 Å². The number of nitrogens with one attached hydrogen (secondary N) is 1. The van der Waals surface area contributed by atoms with Gasteiger partial charge in [0.25, 0.3) is 5.91 Å². The molecule has 3 heterocycles. The number of carbonyl (C=O) groups is 1. The number of likely N-dealkylation sites (tertiary alicyclic amines) is 1. The maximum Gasteiger partial charge on any atom is 0.274 e. The number of carbonyl (C=O) groups excluding carboxylic acids is 1. The lowest BCUT2D eigenvalue weighted by Gasteiger charge is -2.14.